The molecule has 0 radical (unpaired) electrons. The van der Waals surface area contributed by atoms with Crippen LogP contribution in [0.4, 0.5) is 4.39 Å². The minimum Gasteiger partial charge on any atom is -0.493 e. The van der Waals surface area contributed by atoms with Gasteiger partial charge in [0.1, 0.15) is 11.6 Å². The lowest BCUT2D eigenvalue weighted by molar-refractivity contribution is 0.177. The highest BCUT2D eigenvalue weighted by Gasteiger charge is 2.21. The first-order valence-electron chi connectivity index (χ1n) is 15.7. The predicted octanol–water partition coefficient (Wildman–Crippen LogP) is 11.3. The van der Waals surface area contributed by atoms with Crippen molar-refractivity contribution in [3.63, 3.8) is 0 Å². The van der Waals surface area contributed by atoms with Gasteiger partial charge in [0.15, 0.2) is 0 Å². The van der Waals surface area contributed by atoms with E-state index in [4.69, 9.17) is 4.74 Å². The highest BCUT2D eigenvalue weighted by molar-refractivity contribution is 5.65. The van der Waals surface area contributed by atoms with E-state index < -0.39 is 0 Å². The lowest BCUT2D eigenvalue weighted by atomic mass is 9.80. The molecule has 0 aromatic heterocycles. The largest absolute Gasteiger partial charge is 0.493 e. The number of halogens is 1. The van der Waals surface area contributed by atoms with E-state index in [0.29, 0.717) is 17.2 Å². The fourth-order valence-electron chi connectivity index (χ4n) is 5.89. The normalized spacial score (nSPS) is 17.7. The summed E-state index contributed by atoms with van der Waals surface area (Å²) < 4.78 is 21.0. The van der Waals surface area contributed by atoms with E-state index >= 15 is 0 Å². The molecule has 37 heavy (non-hydrogen) atoms. The second-order valence-corrected chi connectivity index (χ2v) is 11.6. The molecule has 0 spiro atoms. The summed E-state index contributed by atoms with van der Waals surface area (Å²) in [6.45, 7) is 5.25. The van der Waals surface area contributed by atoms with Gasteiger partial charge in [0.05, 0.1) is 6.61 Å². The molecule has 0 bridgehead atoms. The maximum absolute atomic E-state index is 14.9. The second-order valence-electron chi connectivity index (χ2n) is 11.6. The summed E-state index contributed by atoms with van der Waals surface area (Å²) in [6.07, 6.45) is 24.0. The molecule has 3 rings (SSSR count). The van der Waals surface area contributed by atoms with Crippen LogP contribution in [0.3, 0.4) is 0 Å². The highest BCUT2D eigenvalue weighted by atomic mass is 19.1. The summed E-state index contributed by atoms with van der Waals surface area (Å²) in [4.78, 5) is 0. The fraction of sp³-hybridized carbons (Fsp3) is 0.657. The molecule has 0 saturated heterocycles. The molecule has 2 heteroatoms. The molecule has 1 fully saturated rings. The average Bonchev–Trinajstić information content (AvgIpc) is 2.92. The van der Waals surface area contributed by atoms with Crippen molar-refractivity contribution in [1.29, 1.82) is 0 Å². The summed E-state index contributed by atoms with van der Waals surface area (Å²) in [5.41, 5.74) is 2.95. The molecule has 1 aliphatic rings. The van der Waals surface area contributed by atoms with Gasteiger partial charge in [-0.3, -0.25) is 0 Å². The lowest BCUT2D eigenvalue weighted by Crippen LogP contribution is -2.20. The Morgan fingerprint density at radius 1 is 0.676 bits per heavy atom. The smallest absolute Gasteiger partial charge is 0.134 e. The Balaban J connectivity index is 1.34. The molecule has 0 heterocycles. The van der Waals surface area contributed by atoms with Crippen LogP contribution >= 0.6 is 0 Å². The van der Waals surface area contributed by atoms with Gasteiger partial charge in [-0.2, -0.15) is 0 Å². The van der Waals surface area contributed by atoms with Gasteiger partial charge in [-0.15, -0.1) is 0 Å². The third-order valence-electron chi connectivity index (χ3n) is 8.44. The van der Waals surface area contributed by atoms with Crippen molar-refractivity contribution in [3.8, 4) is 16.9 Å². The fourth-order valence-corrected chi connectivity index (χ4v) is 5.89. The maximum Gasteiger partial charge on any atom is 0.134 e. The van der Waals surface area contributed by atoms with Crippen LogP contribution in [0.25, 0.3) is 11.1 Å². The van der Waals surface area contributed by atoms with Crippen LogP contribution in [0.15, 0.2) is 42.5 Å². The van der Waals surface area contributed by atoms with E-state index in [9.17, 15) is 4.39 Å². The number of unbranched alkanes of at least 4 members (excludes halogenated alkanes) is 10. The third kappa shape index (κ3) is 11.2. The monoisotopic (exact) mass is 508 g/mol. The van der Waals surface area contributed by atoms with Gasteiger partial charge in [0.2, 0.25) is 0 Å². The Morgan fingerprint density at radius 3 is 1.92 bits per heavy atom. The molecule has 2 aromatic rings. The van der Waals surface area contributed by atoms with Crippen LogP contribution in [-0.2, 0) is 6.42 Å². The molecule has 1 saturated carbocycles. The Bertz CT molecular complexity index is 850. The predicted molar refractivity (Wildman–Crippen MR) is 158 cm³/mol. The lowest BCUT2D eigenvalue weighted by Gasteiger charge is -2.28. The van der Waals surface area contributed by atoms with Crippen LogP contribution in [0.5, 0.6) is 5.75 Å². The van der Waals surface area contributed by atoms with Crippen LogP contribution in [0, 0.1) is 17.7 Å². The molecular formula is C35H53FO. The first-order valence-corrected chi connectivity index (χ1v) is 15.7. The number of hydrogen-bond acceptors (Lipinski definition) is 1. The first kappa shape index (κ1) is 29.7. The molecule has 0 aliphatic heterocycles. The van der Waals surface area contributed by atoms with Crippen molar-refractivity contribution in [2.75, 3.05) is 6.61 Å². The number of aryl methyl sites for hydroxylation is 1. The van der Waals surface area contributed by atoms with Gasteiger partial charge >= 0.3 is 0 Å². The zero-order valence-electron chi connectivity index (χ0n) is 23.9. The SMILES string of the molecule is CCCCCCCCCC1CCC(COc2ccc(-c3ccc(CCCCCCC)cc3)c(F)c2)CC1. The van der Waals surface area contributed by atoms with Gasteiger partial charge < -0.3 is 4.74 Å². The van der Waals surface area contributed by atoms with Crippen molar-refractivity contribution in [3.05, 3.63) is 53.8 Å². The molecule has 0 atom stereocenters. The highest BCUT2D eigenvalue weighted by Crippen LogP contribution is 2.33. The van der Waals surface area contributed by atoms with Crippen molar-refractivity contribution in [2.45, 2.75) is 129 Å². The summed E-state index contributed by atoms with van der Waals surface area (Å²) >= 11 is 0. The topological polar surface area (TPSA) is 9.23 Å². The van der Waals surface area contributed by atoms with E-state index in [1.54, 1.807) is 6.07 Å². The van der Waals surface area contributed by atoms with Gasteiger partial charge in [0, 0.05) is 11.6 Å². The Morgan fingerprint density at radius 2 is 1.27 bits per heavy atom. The van der Waals surface area contributed by atoms with Gasteiger partial charge in [-0.1, -0.05) is 128 Å². The van der Waals surface area contributed by atoms with E-state index in [1.165, 1.54) is 115 Å². The van der Waals surface area contributed by atoms with E-state index in [-0.39, 0.29) is 5.82 Å². The van der Waals surface area contributed by atoms with Crippen molar-refractivity contribution < 1.29 is 9.13 Å². The molecule has 0 N–H and O–H groups in total. The van der Waals surface area contributed by atoms with Crippen LogP contribution in [-0.4, -0.2) is 6.61 Å². The number of ether oxygens (including phenoxy) is 1. The van der Waals surface area contributed by atoms with E-state index in [0.717, 1.165) is 24.5 Å². The third-order valence-corrected chi connectivity index (χ3v) is 8.44. The Kier molecular flexibility index (Phi) is 14.2. The quantitative estimate of drug-likeness (QED) is 0.182. The van der Waals surface area contributed by atoms with Gasteiger partial charge in [-0.25, -0.2) is 4.39 Å². The molecule has 1 aliphatic carbocycles. The number of hydrogen-bond donors (Lipinski definition) is 0. The first-order chi connectivity index (χ1) is 18.2. The van der Waals surface area contributed by atoms with Crippen LogP contribution in [0.1, 0.15) is 129 Å². The Labute approximate surface area is 227 Å². The van der Waals surface area contributed by atoms with Crippen LogP contribution in [0.2, 0.25) is 0 Å². The Hall–Kier alpha value is -1.83. The summed E-state index contributed by atoms with van der Waals surface area (Å²) in [6, 6.07) is 13.8. The van der Waals surface area contributed by atoms with Crippen LogP contribution < -0.4 is 4.74 Å². The minimum absolute atomic E-state index is 0.191. The maximum atomic E-state index is 14.9. The summed E-state index contributed by atoms with van der Waals surface area (Å²) in [5.74, 6) is 2.00. The summed E-state index contributed by atoms with van der Waals surface area (Å²) in [5, 5.41) is 0. The molecular weight excluding hydrogens is 455 g/mol. The minimum atomic E-state index is -0.191. The zero-order valence-corrected chi connectivity index (χ0v) is 23.9. The molecule has 0 unspecified atom stereocenters. The second kappa shape index (κ2) is 17.6. The molecule has 206 valence electrons. The standard InChI is InChI=1S/C35H53FO/c1-3-5-7-9-10-12-14-15-29-17-19-31(20-18-29)28-37-33-25-26-34(35(36)27-33)32-23-21-30(22-24-32)16-13-11-8-6-4-2/h21-27,29,31H,3-20,28H2,1-2H3. The summed E-state index contributed by atoms with van der Waals surface area (Å²) in [7, 11) is 0. The molecule has 2 aromatic carbocycles. The van der Waals surface area contributed by atoms with Crippen molar-refractivity contribution >= 4 is 0 Å². The van der Waals surface area contributed by atoms with Gasteiger partial charge in [-0.05, 0) is 60.8 Å². The number of rotatable bonds is 18. The van der Waals surface area contributed by atoms with E-state index in [1.807, 2.05) is 12.1 Å². The van der Waals surface area contributed by atoms with Crippen molar-refractivity contribution in [2.24, 2.45) is 11.8 Å². The molecule has 0 amide bonds. The van der Waals surface area contributed by atoms with Crippen molar-refractivity contribution in [1.82, 2.24) is 0 Å². The zero-order chi connectivity index (χ0) is 26.1. The van der Waals surface area contributed by atoms with Gasteiger partial charge in [0.25, 0.3) is 0 Å². The number of benzene rings is 2. The molecule has 1 nitrogen and oxygen atoms in total. The van der Waals surface area contributed by atoms with E-state index in [2.05, 4.69) is 38.1 Å². The average molecular weight is 509 g/mol.